The molecule has 4 nitrogen and oxygen atoms in total. The molecule has 1 aliphatic rings. The Morgan fingerprint density at radius 2 is 2.47 bits per heavy atom. The van der Waals surface area contributed by atoms with Gasteiger partial charge in [-0.25, -0.2) is 4.98 Å². The second kappa shape index (κ2) is 4.14. The van der Waals surface area contributed by atoms with Crippen molar-refractivity contribution >= 4 is 5.78 Å². The molecule has 0 spiro atoms. The monoisotopic (exact) mass is 207 g/mol. The summed E-state index contributed by atoms with van der Waals surface area (Å²) >= 11 is 0. The molecule has 0 radical (unpaired) electrons. The topological polar surface area (TPSA) is 46.9 Å². The van der Waals surface area contributed by atoms with Crippen LogP contribution in [0, 0.1) is 11.8 Å². The van der Waals surface area contributed by atoms with Gasteiger partial charge in [-0.3, -0.25) is 4.79 Å². The van der Waals surface area contributed by atoms with E-state index in [4.69, 9.17) is 0 Å². The molecule has 2 rings (SSSR count). The molecule has 15 heavy (non-hydrogen) atoms. The van der Waals surface area contributed by atoms with E-state index in [0.29, 0.717) is 11.7 Å². The fourth-order valence-electron chi connectivity index (χ4n) is 2.12. The lowest BCUT2D eigenvalue weighted by molar-refractivity contribution is 0.0892. The number of ketones is 1. The number of nitrogens with one attached hydrogen (secondary N) is 1. The molecular weight excluding hydrogens is 190 g/mol. The van der Waals surface area contributed by atoms with E-state index in [1.54, 1.807) is 6.20 Å². The molecule has 0 aliphatic carbocycles. The Labute approximate surface area is 89.7 Å². The summed E-state index contributed by atoms with van der Waals surface area (Å²) in [5, 5.41) is 3.24. The number of hydrogen-bond acceptors (Lipinski definition) is 3. The normalized spacial score (nSPS) is 25.7. The molecule has 2 heterocycles. The van der Waals surface area contributed by atoms with Gasteiger partial charge in [-0.05, 0) is 19.4 Å². The van der Waals surface area contributed by atoms with Gasteiger partial charge < -0.3 is 9.88 Å². The zero-order valence-electron chi connectivity index (χ0n) is 9.23. The predicted molar refractivity (Wildman–Crippen MR) is 57.8 cm³/mol. The minimum Gasteiger partial charge on any atom is -0.329 e. The smallest absolute Gasteiger partial charge is 0.202 e. The van der Waals surface area contributed by atoms with E-state index in [1.807, 2.05) is 17.7 Å². The lowest BCUT2D eigenvalue weighted by Gasteiger charge is -2.12. The highest BCUT2D eigenvalue weighted by Crippen LogP contribution is 2.20. The van der Waals surface area contributed by atoms with Crippen molar-refractivity contribution < 1.29 is 4.79 Å². The largest absolute Gasteiger partial charge is 0.329 e. The van der Waals surface area contributed by atoms with E-state index in [0.717, 1.165) is 19.6 Å². The second-order valence-electron chi connectivity index (χ2n) is 4.14. The first-order chi connectivity index (χ1) is 7.24. The van der Waals surface area contributed by atoms with E-state index >= 15 is 0 Å². The Bertz CT molecular complexity index is 358. The molecular formula is C11H17N3O. The fourth-order valence-corrected chi connectivity index (χ4v) is 2.12. The van der Waals surface area contributed by atoms with E-state index in [9.17, 15) is 4.79 Å². The quantitative estimate of drug-likeness (QED) is 0.750. The van der Waals surface area contributed by atoms with Gasteiger partial charge in [0, 0.05) is 31.4 Å². The average molecular weight is 207 g/mol. The summed E-state index contributed by atoms with van der Waals surface area (Å²) in [4.78, 5) is 16.3. The van der Waals surface area contributed by atoms with Crippen LogP contribution in [0.3, 0.4) is 0 Å². The number of aromatic nitrogens is 2. The van der Waals surface area contributed by atoms with Crippen LogP contribution in [0.1, 0.15) is 24.5 Å². The van der Waals surface area contributed by atoms with Crippen molar-refractivity contribution in [3.8, 4) is 0 Å². The average Bonchev–Trinajstić information content (AvgIpc) is 2.84. The number of rotatable bonds is 3. The van der Waals surface area contributed by atoms with Crippen molar-refractivity contribution in [2.45, 2.75) is 20.4 Å². The third-order valence-corrected chi connectivity index (χ3v) is 3.13. The first-order valence-corrected chi connectivity index (χ1v) is 5.50. The Morgan fingerprint density at radius 3 is 3.07 bits per heavy atom. The molecule has 1 N–H and O–H groups in total. The van der Waals surface area contributed by atoms with Gasteiger partial charge in [-0.2, -0.15) is 0 Å². The van der Waals surface area contributed by atoms with Crippen molar-refractivity contribution in [2.24, 2.45) is 11.8 Å². The van der Waals surface area contributed by atoms with Gasteiger partial charge >= 0.3 is 0 Å². The Hall–Kier alpha value is -1.16. The Balaban J connectivity index is 2.20. The number of carbonyl (C=O) groups is 1. The van der Waals surface area contributed by atoms with Crippen LogP contribution in [0.25, 0.3) is 0 Å². The van der Waals surface area contributed by atoms with Crippen LogP contribution in [-0.4, -0.2) is 28.4 Å². The molecule has 1 aromatic heterocycles. The number of aryl methyl sites for hydroxylation is 1. The highest BCUT2D eigenvalue weighted by Gasteiger charge is 2.32. The highest BCUT2D eigenvalue weighted by atomic mass is 16.1. The van der Waals surface area contributed by atoms with Crippen molar-refractivity contribution in [3.05, 3.63) is 18.2 Å². The molecule has 0 saturated carbocycles. The standard InChI is InChI=1S/C11H17N3O/c1-3-14-5-4-13-11(14)10(15)9-7-12-6-8(9)2/h4-5,8-9,12H,3,6-7H2,1-2H3. The van der Waals surface area contributed by atoms with E-state index < -0.39 is 0 Å². The van der Waals surface area contributed by atoms with Gasteiger partial charge in [0.25, 0.3) is 0 Å². The Morgan fingerprint density at radius 1 is 1.67 bits per heavy atom. The summed E-state index contributed by atoms with van der Waals surface area (Å²) in [7, 11) is 0. The van der Waals surface area contributed by atoms with E-state index in [2.05, 4.69) is 17.2 Å². The molecule has 2 atom stereocenters. The SMILES string of the molecule is CCn1ccnc1C(=O)C1CNCC1C. The molecule has 0 aromatic carbocycles. The fraction of sp³-hybridized carbons (Fsp3) is 0.636. The molecule has 0 amide bonds. The van der Waals surface area contributed by atoms with Gasteiger partial charge in [0.05, 0.1) is 0 Å². The van der Waals surface area contributed by atoms with Crippen LogP contribution >= 0.6 is 0 Å². The lowest BCUT2D eigenvalue weighted by atomic mass is 9.93. The van der Waals surface area contributed by atoms with Crippen molar-refractivity contribution in [2.75, 3.05) is 13.1 Å². The number of imidazole rings is 1. The lowest BCUT2D eigenvalue weighted by Crippen LogP contribution is -2.24. The van der Waals surface area contributed by atoms with Crippen LogP contribution in [0.2, 0.25) is 0 Å². The molecule has 82 valence electrons. The number of carbonyl (C=O) groups excluding carboxylic acids is 1. The molecule has 0 bridgehead atoms. The summed E-state index contributed by atoms with van der Waals surface area (Å²) in [6.07, 6.45) is 3.56. The van der Waals surface area contributed by atoms with Crippen LogP contribution in [0.4, 0.5) is 0 Å². The summed E-state index contributed by atoms with van der Waals surface area (Å²) in [6, 6.07) is 0. The van der Waals surface area contributed by atoms with Gasteiger partial charge in [0.1, 0.15) is 0 Å². The summed E-state index contributed by atoms with van der Waals surface area (Å²) < 4.78 is 1.91. The van der Waals surface area contributed by atoms with Crippen molar-refractivity contribution in [3.63, 3.8) is 0 Å². The molecule has 1 saturated heterocycles. The summed E-state index contributed by atoms with van der Waals surface area (Å²) in [5.41, 5.74) is 0. The Kier molecular flexibility index (Phi) is 2.86. The number of hydrogen-bond donors (Lipinski definition) is 1. The second-order valence-corrected chi connectivity index (χ2v) is 4.14. The minimum atomic E-state index is 0.0951. The zero-order chi connectivity index (χ0) is 10.8. The first-order valence-electron chi connectivity index (χ1n) is 5.50. The van der Waals surface area contributed by atoms with Crippen molar-refractivity contribution in [1.82, 2.24) is 14.9 Å². The third-order valence-electron chi connectivity index (χ3n) is 3.13. The van der Waals surface area contributed by atoms with Gasteiger partial charge in [0.2, 0.25) is 5.78 Å². The van der Waals surface area contributed by atoms with Crippen LogP contribution < -0.4 is 5.32 Å². The number of Topliss-reactive ketones (excluding diaryl/α,β-unsaturated/α-hetero) is 1. The van der Waals surface area contributed by atoms with E-state index in [-0.39, 0.29) is 11.7 Å². The predicted octanol–water partition coefficient (Wildman–Crippen LogP) is 0.941. The first kappa shape index (κ1) is 10.4. The van der Waals surface area contributed by atoms with Crippen LogP contribution in [-0.2, 0) is 6.54 Å². The van der Waals surface area contributed by atoms with Crippen molar-refractivity contribution in [1.29, 1.82) is 0 Å². The molecule has 1 fully saturated rings. The molecule has 2 unspecified atom stereocenters. The zero-order valence-corrected chi connectivity index (χ0v) is 9.23. The summed E-state index contributed by atoms with van der Waals surface area (Å²) in [6.45, 7) is 6.66. The maximum absolute atomic E-state index is 12.2. The van der Waals surface area contributed by atoms with E-state index in [1.165, 1.54) is 0 Å². The molecule has 1 aromatic rings. The maximum atomic E-state index is 12.2. The van der Waals surface area contributed by atoms with Gasteiger partial charge in [-0.15, -0.1) is 0 Å². The third kappa shape index (κ3) is 1.81. The summed E-state index contributed by atoms with van der Waals surface area (Å²) in [5.74, 6) is 1.30. The molecule has 4 heteroatoms. The highest BCUT2D eigenvalue weighted by molar-refractivity contribution is 5.95. The maximum Gasteiger partial charge on any atom is 0.202 e. The number of nitrogens with zero attached hydrogens (tertiary/aromatic N) is 2. The van der Waals surface area contributed by atoms with Gasteiger partial charge in [0.15, 0.2) is 5.82 Å². The van der Waals surface area contributed by atoms with Crippen LogP contribution in [0.15, 0.2) is 12.4 Å². The van der Waals surface area contributed by atoms with Crippen LogP contribution in [0.5, 0.6) is 0 Å². The minimum absolute atomic E-state index is 0.0951. The van der Waals surface area contributed by atoms with Gasteiger partial charge in [-0.1, -0.05) is 6.92 Å². The molecule has 1 aliphatic heterocycles.